The number of nitrogens with zero attached hydrogens (tertiary/aromatic N) is 2. The van der Waals surface area contributed by atoms with Crippen molar-refractivity contribution in [3.63, 3.8) is 0 Å². The molecule has 1 atom stereocenters. The molecular weight excluding hydrogens is 350 g/mol. The molecule has 1 aromatic heterocycles. The first-order valence-corrected chi connectivity index (χ1v) is 9.67. The van der Waals surface area contributed by atoms with Gasteiger partial charge >= 0.3 is 0 Å². The molecule has 1 aliphatic rings. The fourth-order valence-electron chi connectivity index (χ4n) is 2.98. The van der Waals surface area contributed by atoms with Crippen LogP contribution in [0.1, 0.15) is 25.3 Å². The van der Waals surface area contributed by atoms with E-state index in [2.05, 4.69) is 17.2 Å². The van der Waals surface area contributed by atoms with Crippen LogP contribution in [-0.4, -0.2) is 42.9 Å². The van der Waals surface area contributed by atoms with Gasteiger partial charge in [-0.15, -0.1) is 0 Å². The van der Waals surface area contributed by atoms with E-state index in [1.165, 1.54) is 0 Å². The van der Waals surface area contributed by atoms with Crippen LogP contribution in [0.3, 0.4) is 0 Å². The summed E-state index contributed by atoms with van der Waals surface area (Å²) in [6, 6.07) is 9.89. The average molecular weight is 376 g/mol. The fourth-order valence-corrected chi connectivity index (χ4v) is 3.28. The Morgan fingerprint density at radius 1 is 1.27 bits per heavy atom. The second-order valence-electron chi connectivity index (χ2n) is 6.47. The van der Waals surface area contributed by atoms with E-state index in [1.807, 2.05) is 30.3 Å². The lowest BCUT2D eigenvalue weighted by atomic mass is 10.1. The summed E-state index contributed by atoms with van der Waals surface area (Å²) in [5.41, 5.74) is 1.91. The number of nitrogens with one attached hydrogen (secondary N) is 1. The molecule has 0 bridgehead atoms. The lowest BCUT2D eigenvalue weighted by Crippen LogP contribution is -2.13. The molecule has 0 radical (unpaired) electrons. The van der Waals surface area contributed by atoms with Crippen LogP contribution in [-0.2, 0) is 15.9 Å². The molecule has 0 spiro atoms. The zero-order chi connectivity index (χ0) is 18.2. The van der Waals surface area contributed by atoms with E-state index in [9.17, 15) is 0 Å². The minimum absolute atomic E-state index is 0.515. The van der Waals surface area contributed by atoms with E-state index < -0.39 is 0 Å². The molecule has 0 amide bonds. The molecular formula is C20H26ClN3O2. The maximum atomic E-state index is 6.39. The van der Waals surface area contributed by atoms with Gasteiger partial charge in [-0.3, -0.25) is 0 Å². The van der Waals surface area contributed by atoms with Crippen LogP contribution >= 0.6 is 11.6 Å². The van der Waals surface area contributed by atoms with Crippen molar-refractivity contribution < 1.29 is 9.47 Å². The number of benzene rings is 1. The molecule has 1 aliphatic heterocycles. The first-order chi connectivity index (χ1) is 12.8. The molecule has 2 heterocycles. The zero-order valence-corrected chi connectivity index (χ0v) is 16.0. The van der Waals surface area contributed by atoms with E-state index in [-0.39, 0.29) is 0 Å². The van der Waals surface area contributed by atoms with E-state index in [1.54, 1.807) is 0 Å². The van der Waals surface area contributed by atoms with E-state index in [0.717, 1.165) is 69.2 Å². The summed E-state index contributed by atoms with van der Waals surface area (Å²) < 4.78 is 11.1. The third-order valence-corrected chi connectivity index (χ3v) is 4.79. The highest BCUT2D eigenvalue weighted by Crippen LogP contribution is 2.26. The second-order valence-corrected chi connectivity index (χ2v) is 6.83. The van der Waals surface area contributed by atoms with Gasteiger partial charge in [0.1, 0.15) is 11.0 Å². The van der Waals surface area contributed by atoms with Gasteiger partial charge in [0, 0.05) is 36.8 Å². The van der Waals surface area contributed by atoms with Gasteiger partial charge in [-0.1, -0.05) is 48.9 Å². The Morgan fingerprint density at radius 3 is 2.85 bits per heavy atom. The number of ether oxygens (including phenoxy) is 2. The van der Waals surface area contributed by atoms with Crippen LogP contribution in [0.4, 0.5) is 5.82 Å². The highest BCUT2D eigenvalue weighted by molar-refractivity contribution is 6.30. The van der Waals surface area contributed by atoms with Crippen molar-refractivity contribution in [2.24, 2.45) is 5.92 Å². The highest BCUT2D eigenvalue weighted by atomic mass is 35.5. The zero-order valence-electron chi connectivity index (χ0n) is 15.2. The van der Waals surface area contributed by atoms with Crippen molar-refractivity contribution in [2.45, 2.75) is 26.2 Å². The molecule has 1 fully saturated rings. The summed E-state index contributed by atoms with van der Waals surface area (Å²) in [5, 5.41) is 3.92. The maximum absolute atomic E-state index is 6.39. The third kappa shape index (κ3) is 5.16. The molecule has 6 heteroatoms. The molecule has 0 aliphatic carbocycles. The van der Waals surface area contributed by atoms with Gasteiger partial charge in [-0.05, 0) is 19.3 Å². The summed E-state index contributed by atoms with van der Waals surface area (Å²) in [6.07, 6.45) is 2.81. The van der Waals surface area contributed by atoms with Gasteiger partial charge in [0.25, 0.3) is 0 Å². The van der Waals surface area contributed by atoms with Gasteiger partial charge < -0.3 is 14.8 Å². The molecule has 1 aromatic carbocycles. The fraction of sp³-hybridized carbons (Fsp3) is 0.500. The standard InChI is InChI=1S/C20H26ClN3O2/c1-2-17-18(21)23-19(16-7-4-3-5-8-16)24-20(17)22-10-6-11-25-13-15-9-12-26-14-15/h3-5,7-8,15H,2,6,9-14H2,1H3,(H,22,23,24)/t15-/m1/s1. The summed E-state index contributed by atoms with van der Waals surface area (Å²) in [7, 11) is 0. The number of hydrogen-bond acceptors (Lipinski definition) is 5. The van der Waals surface area contributed by atoms with E-state index >= 15 is 0 Å². The minimum atomic E-state index is 0.515. The Morgan fingerprint density at radius 2 is 2.12 bits per heavy atom. The number of rotatable bonds is 9. The van der Waals surface area contributed by atoms with Crippen molar-refractivity contribution in [3.05, 3.63) is 41.0 Å². The summed E-state index contributed by atoms with van der Waals surface area (Å²) in [5.74, 6) is 2.02. The number of halogens is 1. The van der Waals surface area contributed by atoms with Crippen LogP contribution in [0, 0.1) is 5.92 Å². The lowest BCUT2D eigenvalue weighted by Gasteiger charge is -2.13. The topological polar surface area (TPSA) is 56.3 Å². The van der Waals surface area contributed by atoms with Crippen LogP contribution in [0.5, 0.6) is 0 Å². The highest BCUT2D eigenvalue weighted by Gasteiger charge is 2.15. The Balaban J connectivity index is 1.54. The first-order valence-electron chi connectivity index (χ1n) is 9.29. The minimum Gasteiger partial charge on any atom is -0.381 e. The predicted molar refractivity (Wildman–Crippen MR) is 105 cm³/mol. The largest absolute Gasteiger partial charge is 0.381 e. The van der Waals surface area contributed by atoms with Gasteiger partial charge in [-0.2, -0.15) is 0 Å². The smallest absolute Gasteiger partial charge is 0.163 e. The van der Waals surface area contributed by atoms with Gasteiger partial charge in [0.2, 0.25) is 0 Å². The SMILES string of the molecule is CCc1c(Cl)nc(-c2ccccc2)nc1NCCCOC[C@H]1CCOC1. The number of hydrogen-bond donors (Lipinski definition) is 1. The molecule has 3 rings (SSSR count). The molecule has 1 N–H and O–H groups in total. The van der Waals surface area contributed by atoms with Crippen molar-refractivity contribution in [1.29, 1.82) is 0 Å². The van der Waals surface area contributed by atoms with Crippen molar-refractivity contribution >= 4 is 17.4 Å². The van der Waals surface area contributed by atoms with Crippen molar-refractivity contribution in [1.82, 2.24) is 9.97 Å². The lowest BCUT2D eigenvalue weighted by molar-refractivity contribution is 0.0897. The van der Waals surface area contributed by atoms with E-state index in [0.29, 0.717) is 16.9 Å². The summed E-state index contributed by atoms with van der Waals surface area (Å²) in [6.45, 7) is 6.07. The Bertz CT molecular complexity index is 691. The quantitative estimate of drug-likeness (QED) is 0.525. The molecule has 0 saturated carbocycles. The van der Waals surface area contributed by atoms with Gasteiger partial charge in [0.15, 0.2) is 5.82 Å². The van der Waals surface area contributed by atoms with Gasteiger partial charge in [0.05, 0.1) is 13.2 Å². The summed E-state index contributed by atoms with van der Waals surface area (Å²) in [4.78, 5) is 9.15. The van der Waals surface area contributed by atoms with Crippen LogP contribution in [0.25, 0.3) is 11.4 Å². The molecule has 2 aromatic rings. The molecule has 1 saturated heterocycles. The van der Waals surface area contributed by atoms with E-state index in [4.69, 9.17) is 26.1 Å². The molecule has 5 nitrogen and oxygen atoms in total. The van der Waals surface area contributed by atoms with Crippen LogP contribution in [0.15, 0.2) is 30.3 Å². The monoisotopic (exact) mass is 375 g/mol. The van der Waals surface area contributed by atoms with Crippen LogP contribution < -0.4 is 5.32 Å². The number of aromatic nitrogens is 2. The Hall–Kier alpha value is -1.69. The number of anilines is 1. The molecule has 140 valence electrons. The maximum Gasteiger partial charge on any atom is 0.163 e. The van der Waals surface area contributed by atoms with Gasteiger partial charge in [-0.25, -0.2) is 9.97 Å². The first kappa shape index (κ1) is 19.1. The van der Waals surface area contributed by atoms with Crippen LogP contribution in [0.2, 0.25) is 5.15 Å². The second kappa shape index (κ2) is 9.86. The normalized spacial score (nSPS) is 16.8. The Kier molecular flexibility index (Phi) is 7.23. The molecule has 0 unspecified atom stereocenters. The van der Waals surface area contributed by atoms with Crippen molar-refractivity contribution in [2.75, 3.05) is 38.3 Å². The summed E-state index contributed by atoms with van der Waals surface area (Å²) >= 11 is 6.39. The Labute approximate surface area is 160 Å². The predicted octanol–water partition coefficient (Wildman–Crippen LogP) is 4.21. The average Bonchev–Trinajstić information content (AvgIpc) is 3.18. The third-order valence-electron chi connectivity index (χ3n) is 4.48. The molecule has 26 heavy (non-hydrogen) atoms. The van der Waals surface area contributed by atoms with Crippen molar-refractivity contribution in [3.8, 4) is 11.4 Å².